The number of hydrogen-bond donors (Lipinski definition) is 1. The number of halogens is 1. The maximum atomic E-state index is 6.21. The normalized spacial score (nSPS) is 15.8. The molecular weight excluding hydrogens is 306 g/mol. The predicted molar refractivity (Wildman–Crippen MR) is 99.3 cm³/mol. The summed E-state index contributed by atoms with van der Waals surface area (Å²) in [6.45, 7) is 5.53. The van der Waals surface area contributed by atoms with Gasteiger partial charge in [0.25, 0.3) is 0 Å². The maximum absolute atomic E-state index is 6.21. The first kappa shape index (κ1) is 16.2. The minimum atomic E-state index is 0.826. The Hall–Kier alpha value is -1.71. The summed E-state index contributed by atoms with van der Waals surface area (Å²) in [5.41, 5.74) is 9.11. The number of anilines is 2. The van der Waals surface area contributed by atoms with Gasteiger partial charge in [-0.15, -0.1) is 0 Å². The van der Waals surface area contributed by atoms with E-state index in [-0.39, 0.29) is 0 Å². The van der Waals surface area contributed by atoms with Crippen molar-refractivity contribution in [3.8, 4) is 0 Å². The molecule has 0 amide bonds. The molecule has 3 nitrogen and oxygen atoms in total. The summed E-state index contributed by atoms with van der Waals surface area (Å²) in [6, 6.07) is 16.3. The van der Waals surface area contributed by atoms with E-state index in [0.717, 1.165) is 56.3 Å². The molecule has 1 heterocycles. The first-order valence-electron chi connectivity index (χ1n) is 8.28. The van der Waals surface area contributed by atoms with E-state index in [0.29, 0.717) is 0 Å². The largest absolute Gasteiger partial charge is 0.399 e. The molecule has 23 heavy (non-hydrogen) atoms. The molecule has 2 aromatic carbocycles. The van der Waals surface area contributed by atoms with Crippen LogP contribution >= 0.6 is 11.6 Å². The van der Waals surface area contributed by atoms with Crippen molar-refractivity contribution in [2.24, 2.45) is 0 Å². The van der Waals surface area contributed by atoms with E-state index in [2.05, 4.69) is 34.1 Å². The SMILES string of the molecule is Nc1ccc(N2CCN(CCCc3ccccc3Cl)CC2)cc1. The van der Waals surface area contributed by atoms with Gasteiger partial charge in [-0.25, -0.2) is 0 Å². The first-order chi connectivity index (χ1) is 11.2. The summed E-state index contributed by atoms with van der Waals surface area (Å²) >= 11 is 6.21. The van der Waals surface area contributed by atoms with Crippen LogP contribution in [0.2, 0.25) is 5.02 Å². The number of benzene rings is 2. The summed E-state index contributed by atoms with van der Waals surface area (Å²) < 4.78 is 0. The Kier molecular flexibility index (Phi) is 5.42. The molecule has 3 rings (SSSR count). The van der Waals surface area contributed by atoms with Crippen LogP contribution in [0.25, 0.3) is 0 Å². The zero-order chi connectivity index (χ0) is 16.1. The summed E-state index contributed by atoms with van der Waals surface area (Å²) in [4.78, 5) is 4.98. The van der Waals surface area contributed by atoms with Crippen LogP contribution in [0.1, 0.15) is 12.0 Å². The number of nitrogens with zero attached hydrogens (tertiary/aromatic N) is 2. The van der Waals surface area contributed by atoms with Crippen molar-refractivity contribution in [3.05, 3.63) is 59.1 Å². The second-order valence-corrected chi connectivity index (χ2v) is 6.52. The van der Waals surface area contributed by atoms with E-state index in [1.165, 1.54) is 11.3 Å². The lowest BCUT2D eigenvalue weighted by Gasteiger charge is -2.36. The Labute approximate surface area is 143 Å². The topological polar surface area (TPSA) is 32.5 Å². The molecule has 0 saturated carbocycles. The number of aryl methyl sites for hydroxylation is 1. The second kappa shape index (κ2) is 7.71. The minimum absolute atomic E-state index is 0.826. The number of rotatable bonds is 5. The highest BCUT2D eigenvalue weighted by Gasteiger charge is 2.16. The molecule has 0 aliphatic carbocycles. The number of hydrogen-bond acceptors (Lipinski definition) is 3. The lowest BCUT2D eigenvalue weighted by molar-refractivity contribution is 0.255. The second-order valence-electron chi connectivity index (χ2n) is 6.12. The van der Waals surface area contributed by atoms with Crippen LogP contribution in [0.15, 0.2) is 48.5 Å². The van der Waals surface area contributed by atoms with Gasteiger partial charge in [0.2, 0.25) is 0 Å². The van der Waals surface area contributed by atoms with Crippen molar-refractivity contribution in [1.82, 2.24) is 4.90 Å². The maximum Gasteiger partial charge on any atom is 0.0437 e. The number of nitrogens with two attached hydrogens (primary N) is 1. The van der Waals surface area contributed by atoms with Gasteiger partial charge in [-0.2, -0.15) is 0 Å². The molecule has 4 heteroatoms. The molecule has 0 bridgehead atoms. The van der Waals surface area contributed by atoms with E-state index >= 15 is 0 Å². The average Bonchev–Trinajstić information content (AvgIpc) is 2.58. The van der Waals surface area contributed by atoms with E-state index in [1.807, 2.05) is 24.3 Å². The third-order valence-corrected chi connectivity index (χ3v) is 4.88. The quantitative estimate of drug-likeness (QED) is 0.849. The van der Waals surface area contributed by atoms with Crippen LogP contribution in [0.5, 0.6) is 0 Å². The van der Waals surface area contributed by atoms with Crippen LogP contribution in [-0.4, -0.2) is 37.6 Å². The zero-order valence-corrected chi connectivity index (χ0v) is 14.2. The number of nitrogen functional groups attached to an aromatic ring is 1. The molecule has 0 spiro atoms. The average molecular weight is 330 g/mol. The van der Waals surface area contributed by atoms with E-state index in [4.69, 9.17) is 17.3 Å². The van der Waals surface area contributed by atoms with Crippen molar-refractivity contribution in [2.75, 3.05) is 43.4 Å². The van der Waals surface area contributed by atoms with E-state index < -0.39 is 0 Å². The van der Waals surface area contributed by atoms with Gasteiger partial charge < -0.3 is 10.6 Å². The van der Waals surface area contributed by atoms with Gasteiger partial charge in [0.15, 0.2) is 0 Å². The molecule has 122 valence electrons. The molecule has 2 N–H and O–H groups in total. The van der Waals surface area contributed by atoms with Crippen LogP contribution in [0, 0.1) is 0 Å². The smallest absolute Gasteiger partial charge is 0.0437 e. The summed E-state index contributed by atoms with van der Waals surface area (Å²) in [5, 5.41) is 0.890. The third-order valence-electron chi connectivity index (χ3n) is 4.51. The van der Waals surface area contributed by atoms with Crippen LogP contribution in [0.3, 0.4) is 0 Å². The first-order valence-corrected chi connectivity index (χ1v) is 8.66. The van der Waals surface area contributed by atoms with E-state index in [1.54, 1.807) is 0 Å². The summed E-state index contributed by atoms with van der Waals surface area (Å²) in [5.74, 6) is 0. The zero-order valence-electron chi connectivity index (χ0n) is 13.4. The molecule has 1 fully saturated rings. The van der Waals surface area contributed by atoms with Gasteiger partial charge >= 0.3 is 0 Å². The monoisotopic (exact) mass is 329 g/mol. The van der Waals surface area contributed by atoms with Crippen LogP contribution in [-0.2, 0) is 6.42 Å². The van der Waals surface area contributed by atoms with Crippen molar-refractivity contribution >= 4 is 23.0 Å². The van der Waals surface area contributed by atoms with Crippen molar-refractivity contribution in [3.63, 3.8) is 0 Å². The Bertz CT molecular complexity index is 619. The Morgan fingerprint density at radius 3 is 2.30 bits per heavy atom. The van der Waals surface area contributed by atoms with Gasteiger partial charge in [0.05, 0.1) is 0 Å². The van der Waals surface area contributed by atoms with Gasteiger partial charge in [-0.05, 0) is 55.3 Å². The number of piperazine rings is 1. The van der Waals surface area contributed by atoms with E-state index in [9.17, 15) is 0 Å². The van der Waals surface area contributed by atoms with Gasteiger partial charge in [0.1, 0.15) is 0 Å². The fourth-order valence-electron chi connectivity index (χ4n) is 3.11. The molecule has 0 atom stereocenters. The lowest BCUT2D eigenvalue weighted by atomic mass is 10.1. The Morgan fingerprint density at radius 2 is 1.61 bits per heavy atom. The van der Waals surface area contributed by atoms with Crippen molar-refractivity contribution < 1.29 is 0 Å². The molecule has 0 unspecified atom stereocenters. The lowest BCUT2D eigenvalue weighted by Crippen LogP contribution is -2.46. The summed E-state index contributed by atoms with van der Waals surface area (Å²) in [6.07, 6.45) is 2.21. The molecule has 1 saturated heterocycles. The molecule has 1 aliphatic rings. The molecule has 1 aliphatic heterocycles. The molecular formula is C19H24ClN3. The highest BCUT2D eigenvalue weighted by atomic mass is 35.5. The highest BCUT2D eigenvalue weighted by Crippen LogP contribution is 2.19. The van der Waals surface area contributed by atoms with Gasteiger partial charge in [-0.3, -0.25) is 4.90 Å². The minimum Gasteiger partial charge on any atom is -0.399 e. The molecule has 0 aromatic heterocycles. The standard InChI is InChI=1S/C19H24ClN3/c20-19-6-2-1-4-16(19)5-3-11-22-12-14-23(15-13-22)18-9-7-17(21)8-10-18/h1-2,4,6-10H,3,5,11-15,21H2. The molecule has 2 aromatic rings. The van der Waals surface area contributed by atoms with Crippen LogP contribution in [0.4, 0.5) is 11.4 Å². The van der Waals surface area contributed by atoms with Crippen molar-refractivity contribution in [2.45, 2.75) is 12.8 Å². The fourth-order valence-corrected chi connectivity index (χ4v) is 3.34. The van der Waals surface area contributed by atoms with Gasteiger partial charge in [-0.1, -0.05) is 29.8 Å². The summed E-state index contributed by atoms with van der Waals surface area (Å²) in [7, 11) is 0. The Morgan fingerprint density at radius 1 is 0.913 bits per heavy atom. The predicted octanol–water partition coefficient (Wildman–Crippen LogP) is 3.68. The highest BCUT2D eigenvalue weighted by molar-refractivity contribution is 6.31. The third kappa shape index (κ3) is 4.40. The molecule has 0 radical (unpaired) electrons. The Balaban J connectivity index is 1.43. The van der Waals surface area contributed by atoms with Gasteiger partial charge in [0, 0.05) is 42.6 Å². The van der Waals surface area contributed by atoms with Crippen LogP contribution < -0.4 is 10.6 Å². The fraction of sp³-hybridized carbons (Fsp3) is 0.368. The van der Waals surface area contributed by atoms with Crippen molar-refractivity contribution in [1.29, 1.82) is 0 Å².